The second-order valence-corrected chi connectivity index (χ2v) is 16.6. The summed E-state index contributed by atoms with van der Waals surface area (Å²) in [6, 6.07) is 16.3. The third-order valence-electron chi connectivity index (χ3n) is 4.99. The summed E-state index contributed by atoms with van der Waals surface area (Å²) >= 11 is 12.8. The molecule has 0 amide bonds. The predicted octanol–water partition coefficient (Wildman–Crippen LogP) is 9.13. The topological polar surface area (TPSA) is 74.6 Å². The van der Waals surface area contributed by atoms with E-state index in [0.717, 1.165) is 50.1 Å². The number of hydrogen-bond acceptors (Lipinski definition) is 7. The monoisotopic (exact) mass is 780 g/mol. The minimum absolute atomic E-state index is 0.0358. The fraction of sp³-hybridized carbons (Fsp3) is 0.0833. The fourth-order valence-corrected chi connectivity index (χ4v) is 10.6. The molecule has 0 aromatic carbocycles. The lowest BCUT2D eigenvalue weighted by Gasteiger charge is -1.99. The van der Waals surface area contributed by atoms with Crippen LogP contribution in [0, 0.1) is 5.77 Å². The van der Waals surface area contributed by atoms with Crippen LogP contribution in [0.5, 0.6) is 0 Å². The molecule has 0 spiro atoms. The van der Waals surface area contributed by atoms with Crippen LogP contribution >= 0.6 is 102 Å². The van der Waals surface area contributed by atoms with E-state index >= 15 is 0 Å². The van der Waals surface area contributed by atoms with Crippen molar-refractivity contribution >= 4 is 114 Å². The second kappa shape index (κ2) is 10.7. The van der Waals surface area contributed by atoms with E-state index in [-0.39, 0.29) is 12.8 Å². The molecule has 0 saturated carbocycles. The van der Waals surface area contributed by atoms with Crippen LogP contribution in [-0.4, -0.2) is 22.2 Å². The van der Waals surface area contributed by atoms with E-state index in [0.29, 0.717) is 0 Å². The van der Waals surface area contributed by atoms with Crippen molar-refractivity contribution < 1.29 is 19.8 Å². The normalized spacial score (nSPS) is 11.3. The van der Waals surface area contributed by atoms with Crippen molar-refractivity contribution in [3.05, 3.63) is 65.4 Å². The van der Waals surface area contributed by atoms with E-state index in [1.165, 1.54) is 5.77 Å². The average Bonchev–Trinajstić information content (AvgIpc) is 3.57. The molecular formula is C24H14I2O4S5. The second-order valence-electron chi connectivity index (χ2n) is 7.44. The molecule has 5 aromatic rings. The summed E-state index contributed by atoms with van der Waals surface area (Å²) in [6.45, 7) is 0. The van der Waals surface area contributed by atoms with Crippen molar-refractivity contribution in [1.82, 2.24) is 0 Å². The number of rotatable bonds is 8. The van der Waals surface area contributed by atoms with Crippen LogP contribution < -0.4 is 0 Å². The van der Waals surface area contributed by atoms with Gasteiger partial charge in [-0.15, -0.1) is 56.7 Å². The first-order valence-electron chi connectivity index (χ1n) is 10.1. The summed E-state index contributed by atoms with van der Waals surface area (Å²) in [5.74, 6) is -1.71. The van der Waals surface area contributed by atoms with Gasteiger partial charge in [0.1, 0.15) is 0 Å². The highest BCUT2D eigenvalue weighted by Gasteiger charge is 2.21. The summed E-state index contributed by atoms with van der Waals surface area (Å²) < 4.78 is 2.37. The molecule has 0 fully saturated rings. The van der Waals surface area contributed by atoms with Gasteiger partial charge in [0.2, 0.25) is 0 Å². The lowest BCUT2D eigenvalue weighted by Crippen LogP contribution is -1.99. The summed E-state index contributed by atoms with van der Waals surface area (Å²) in [6.07, 6.45) is -0.0715. The number of carboxylic acid groups (broad SMARTS) is 2. The molecule has 0 aliphatic heterocycles. The molecule has 0 saturated heterocycles. The molecule has 5 rings (SSSR count). The van der Waals surface area contributed by atoms with Crippen molar-refractivity contribution in [3.63, 3.8) is 0 Å². The van der Waals surface area contributed by atoms with Crippen LogP contribution in [0.25, 0.3) is 39.0 Å². The summed E-state index contributed by atoms with van der Waals surface area (Å²) in [5, 5.41) is 19.0. The van der Waals surface area contributed by atoms with Crippen molar-refractivity contribution in [3.8, 4) is 39.0 Å². The maximum Gasteiger partial charge on any atom is 0.307 e. The zero-order chi connectivity index (χ0) is 24.7. The van der Waals surface area contributed by atoms with E-state index in [1.54, 1.807) is 56.7 Å². The van der Waals surface area contributed by atoms with Crippen molar-refractivity contribution in [2.45, 2.75) is 12.8 Å². The Morgan fingerprint density at radius 3 is 1.31 bits per heavy atom. The van der Waals surface area contributed by atoms with Crippen LogP contribution in [-0.2, 0) is 22.4 Å². The van der Waals surface area contributed by atoms with Gasteiger partial charge in [-0.2, -0.15) is 0 Å². The molecule has 0 bridgehead atoms. The van der Waals surface area contributed by atoms with E-state index in [4.69, 9.17) is 0 Å². The molecule has 0 aliphatic rings. The number of halogens is 2. The van der Waals surface area contributed by atoms with Gasteiger partial charge in [0, 0.05) is 39.0 Å². The van der Waals surface area contributed by atoms with E-state index < -0.39 is 11.9 Å². The summed E-state index contributed by atoms with van der Waals surface area (Å²) in [5.41, 5.74) is 1.61. The number of aliphatic carboxylic acids is 2. The van der Waals surface area contributed by atoms with Crippen LogP contribution in [0.3, 0.4) is 0 Å². The Kier molecular flexibility index (Phi) is 7.82. The van der Waals surface area contributed by atoms with Crippen LogP contribution in [0.2, 0.25) is 0 Å². The standard InChI is InChI=1S/C24H14I2O4S5/c25-19-5-3-13(32-19)17-7-11(9-21(27)28)23(34-17)15-1-2-16(31-15)24-12(10-22(29)30)8-18(35-24)14-4-6-20(26)33-14/h1-8H,9-10H2,(H,27,28)(H,29,30). The SMILES string of the molecule is O=C(O)Cc1cc(-c2ccc(I)s2)sc1-c1ccc(-c2sc(-c3ccc(I)s3)cc2CC(=O)O)s1. The molecule has 0 aliphatic carbocycles. The molecule has 5 aromatic heterocycles. The van der Waals surface area contributed by atoms with Gasteiger partial charge in [-0.1, -0.05) is 0 Å². The van der Waals surface area contributed by atoms with Gasteiger partial charge in [-0.3, -0.25) is 9.59 Å². The van der Waals surface area contributed by atoms with Gasteiger partial charge < -0.3 is 10.2 Å². The number of carboxylic acids is 2. The Morgan fingerprint density at radius 2 is 0.971 bits per heavy atom. The maximum atomic E-state index is 11.6. The lowest BCUT2D eigenvalue weighted by atomic mass is 10.1. The third kappa shape index (κ3) is 5.75. The first-order valence-corrected chi connectivity index (χ1v) is 16.3. The molecular weight excluding hydrogens is 766 g/mol. The first kappa shape index (κ1) is 25.5. The first-order chi connectivity index (χ1) is 16.8. The quantitative estimate of drug-likeness (QED) is 0.154. The number of carbonyl (C=O) groups is 2. The van der Waals surface area contributed by atoms with Crippen molar-refractivity contribution in [2.75, 3.05) is 0 Å². The van der Waals surface area contributed by atoms with Crippen LogP contribution in [0.15, 0.2) is 48.5 Å². The zero-order valence-corrected chi connectivity index (χ0v) is 25.9. The zero-order valence-electron chi connectivity index (χ0n) is 17.5. The third-order valence-corrected chi connectivity index (χ3v) is 13.0. The molecule has 178 valence electrons. The molecule has 0 atom stereocenters. The molecule has 0 radical (unpaired) electrons. The summed E-state index contributed by atoms with van der Waals surface area (Å²) in [7, 11) is 0. The molecule has 5 heterocycles. The minimum atomic E-state index is -0.856. The molecule has 0 unspecified atom stereocenters. The van der Waals surface area contributed by atoms with Crippen LogP contribution in [0.1, 0.15) is 11.1 Å². The Bertz CT molecular complexity index is 1440. The van der Waals surface area contributed by atoms with E-state index in [2.05, 4.69) is 69.4 Å². The summed E-state index contributed by atoms with van der Waals surface area (Å²) in [4.78, 5) is 31.5. The van der Waals surface area contributed by atoms with E-state index in [1.807, 2.05) is 24.3 Å². The Hall–Kier alpha value is -1.10. The Labute approximate surface area is 248 Å². The van der Waals surface area contributed by atoms with Crippen molar-refractivity contribution in [2.24, 2.45) is 0 Å². The lowest BCUT2D eigenvalue weighted by molar-refractivity contribution is -0.137. The largest absolute Gasteiger partial charge is 0.481 e. The molecule has 2 N–H and O–H groups in total. The highest BCUT2D eigenvalue weighted by Crippen LogP contribution is 2.48. The molecule has 35 heavy (non-hydrogen) atoms. The number of hydrogen-bond donors (Lipinski definition) is 2. The van der Waals surface area contributed by atoms with Gasteiger partial charge in [0.25, 0.3) is 0 Å². The molecule has 11 heteroatoms. The minimum Gasteiger partial charge on any atom is -0.481 e. The molecule has 4 nitrogen and oxygen atoms in total. The van der Waals surface area contributed by atoms with Gasteiger partial charge in [0.15, 0.2) is 0 Å². The van der Waals surface area contributed by atoms with Gasteiger partial charge in [-0.25, -0.2) is 0 Å². The Balaban J connectivity index is 1.56. The van der Waals surface area contributed by atoms with E-state index in [9.17, 15) is 19.8 Å². The smallest absolute Gasteiger partial charge is 0.307 e. The Morgan fingerprint density at radius 1 is 0.571 bits per heavy atom. The van der Waals surface area contributed by atoms with Gasteiger partial charge >= 0.3 is 11.9 Å². The van der Waals surface area contributed by atoms with Gasteiger partial charge in [-0.05, 0) is 105 Å². The van der Waals surface area contributed by atoms with Crippen LogP contribution in [0.4, 0.5) is 0 Å². The average molecular weight is 781 g/mol. The highest BCUT2D eigenvalue weighted by atomic mass is 127. The predicted molar refractivity (Wildman–Crippen MR) is 166 cm³/mol. The number of thiophene rings is 5. The fourth-order valence-electron chi connectivity index (χ4n) is 3.58. The maximum absolute atomic E-state index is 11.6. The van der Waals surface area contributed by atoms with Gasteiger partial charge in [0.05, 0.1) is 18.6 Å². The van der Waals surface area contributed by atoms with Crippen molar-refractivity contribution in [1.29, 1.82) is 0 Å². The highest BCUT2D eigenvalue weighted by molar-refractivity contribution is 14.1.